The number of hydrogen-bond donors (Lipinski definition) is 2. The standard InChI is InChI=1S/C23H17N3O6S/c27-22(21-12-16-11-17(26(29)30)9-10-20(16)32-21)24-23(28)25-33-19-8-4-7-18(13-19)31-14-15-5-2-1-3-6-15/h1-13H,14H2,(H2,24,25,27,28). The largest absolute Gasteiger partial charge is 0.489 e. The number of nitrogens with one attached hydrogen (secondary N) is 2. The highest BCUT2D eigenvalue weighted by Gasteiger charge is 2.17. The fraction of sp³-hybridized carbons (Fsp3) is 0.0435. The van der Waals surface area contributed by atoms with E-state index in [4.69, 9.17) is 9.15 Å². The van der Waals surface area contributed by atoms with Gasteiger partial charge in [0, 0.05) is 22.4 Å². The summed E-state index contributed by atoms with van der Waals surface area (Å²) in [7, 11) is 0. The zero-order valence-electron chi connectivity index (χ0n) is 17.0. The predicted molar refractivity (Wildman–Crippen MR) is 122 cm³/mol. The number of non-ortho nitro benzene ring substituents is 1. The van der Waals surface area contributed by atoms with Crippen LogP contribution in [-0.4, -0.2) is 16.9 Å². The van der Waals surface area contributed by atoms with Gasteiger partial charge < -0.3 is 9.15 Å². The van der Waals surface area contributed by atoms with Crippen molar-refractivity contribution >= 4 is 40.5 Å². The van der Waals surface area contributed by atoms with E-state index in [0.29, 0.717) is 28.2 Å². The maximum atomic E-state index is 12.3. The second kappa shape index (κ2) is 9.88. The van der Waals surface area contributed by atoms with E-state index in [-0.39, 0.29) is 11.4 Å². The zero-order valence-corrected chi connectivity index (χ0v) is 17.8. The average Bonchev–Trinajstić information content (AvgIpc) is 3.26. The van der Waals surface area contributed by atoms with E-state index in [2.05, 4.69) is 10.0 Å². The molecule has 1 heterocycles. The van der Waals surface area contributed by atoms with Crippen LogP contribution >= 0.6 is 11.9 Å². The molecule has 0 bridgehead atoms. The molecule has 3 aromatic carbocycles. The Bertz CT molecular complexity index is 1320. The first-order valence-electron chi connectivity index (χ1n) is 9.71. The Labute approximate surface area is 192 Å². The molecular formula is C23H17N3O6S. The van der Waals surface area contributed by atoms with E-state index in [9.17, 15) is 19.7 Å². The second-order valence-electron chi connectivity index (χ2n) is 6.83. The number of hydrogen-bond acceptors (Lipinski definition) is 7. The number of urea groups is 1. The van der Waals surface area contributed by atoms with Crippen molar-refractivity contribution in [1.82, 2.24) is 10.0 Å². The van der Waals surface area contributed by atoms with Gasteiger partial charge in [-0.3, -0.25) is 24.9 Å². The number of nitrogens with zero attached hydrogens (tertiary/aromatic N) is 1. The number of carbonyl (C=O) groups excluding carboxylic acids is 2. The number of amides is 3. The molecule has 1 aromatic heterocycles. The summed E-state index contributed by atoms with van der Waals surface area (Å²) >= 11 is 1.01. The fourth-order valence-corrected chi connectivity index (χ4v) is 3.50. The molecule has 0 fully saturated rings. The summed E-state index contributed by atoms with van der Waals surface area (Å²) in [5.74, 6) is -0.271. The SMILES string of the molecule is O=C(NSc1cccc(OCc2ccccc2)c1)NC(=O)c1cc2cc([N+](=O)[O-])ccc2o1. The zero-order chi connectivity index (χ0) is 23.2. The van der Waals surface area contributed by atoms with Crippen LogP contribution in [0.3, 0.4) is 0 Å². The number of nitro benzene ring substituents is 1. The molecule has 33 heavy (non-hydrogen) atoms. The molecule has 0 aliphatic rings. The highest BCUT2D eigenvalue weighted by atomic mass is 32.2. The number of ether oxygens (including phenoxy) is 1. The van der Waals surface area contributed by atoms with Gasteiger partial charge in [-0.05, 0) is 47.8 Å². The summed E-state index contributed by atoms with van der Waals surface area (Å²) in [5, 5.41) is 13.4. The van der Waals surface area contributed by atoms with Crippen LogP contribution in [0.15, 0.2) is 88.2 Å². The van der Waals surface area contributed by atoms with Crippen molar-refractivity contribution < 1.29 is 23.7 Å². The number of fused-ring (bicyclic) bond motifs is 1. The summed E-state index contributed by atoms with van der Waals surface area (Å²) in [6.07, 6.45) is 0. The normalized spacial score (nSPS) is 10.5. The number of nitro groups is 1. The van der Waals surface area contributed by atoms with E-state index in [1.54, 1.807) is 18.2 Å². The molecular weight excluding hydrogens is 446 g/mol. The molecule has 0 unspecified atom stereocenters. The summed E-state index contributed by atoms with van der Waals surface area (Å²) in [6.45, 7) is 0.415. The van der Waals surface area contributed by atoms with E-state index >= 15 is 0 Å². The van der Waals surface area contributed by atoms with E-state index in [0.717, 1.165) is 17.5 Å². The van der Waals surface area contributed by atoms with Crippen molar-refractivity contribution in [2.75, 3.05) is 0 Å². The van der Waals surface area contributed by atoms with Crippen LogP contribution in [0.25, 0.3) is 11.0 Å². The first kappa shape index (κ1) is 21.9. The lowest BCUT2D eigenvalue weighted by Crippen LogP contribution is -2.36. The molecule has 4 aromatic rings. The van der Waals surface area contributed by atoms with Crippen LogP contribution < -0.4 is 14.8 Å². The lowest BCUT2D eigenvalue weighted by Gasteiger charge is -2.08. The molecule has 0 aliphatic heterocycles. The van der Waals surface area contributed by atoms with Crippen LogP contribution in [0.4, 0.5) is 10.5 Å². The molecule has 9 nitrogen and oxygen atoms in total. The van der Waals surface area contributed by atoms with Gasteiger partial charge >= 0.3 is 6.03 Å². The highest BCUT2D eigenvalue weighted by molar-refractivity contribution is 7.98. The minimum Gasteiger partial charge on any atom is -0.489 e. The van der Waals surface area contributed by atoms with Crippen molar-refractivity contribution in [2.45, 2.75) is 11.5 Å². The Kier molecular flexibility index (Phi) is 6.56. The number of rotatable bonds is 7. The third-order valence-corrected chi connectivity index (χ3v) is 5.25. The van der Waals surface area contributed by atoms with Gasteiger partial charge in [0.15, 0.2) is 5.76 Å². The Hall–Kier alpha value is -4.31. The Morgan fingerprint density at radius 2 is 1.82 bits per heavy atom. The molecule has 0 radical (unpaired) electrons. The maximum absolute atomic E-state index is 12.3. The van der Waals surface area contributed by atoms with Gasteiger partial charge in [0.1, 0.15) is 17.9 Å². The highest BCUT2D eigenvalue weighted by Crippen LogP contribution is 2.24. The van der Waals surface area contributed by atoms with Crippen LogP contribution in [0.2, 0.25) is 0 Å². The number of imide groups is 1. The van der Waals surface area contributed by atoms with E-state index < -0.39 is 16.9 Å². The van der Waals surface area contributed by atoms with Gasteiger partial charge in [-0.25, -0.2) is 4.79 Å². The smallest absolute Gasteiger partial charge is 0.332 e. The fourth-order valence-electron chi connectivity index (χ4n) is 2.92. The summed E-state index contributed by atoms with van der Waals surface area (Å²) < 4.78 is 13.7. The van der Waals surface area contributed by atoms with Crippen molar-refractivity contribution in [1.29, 1.82) is 0 Å². The molecule has 10 heteroatoms. The van der Waals surface area contributed by atoms with Gasteiger partial charge in [-0.15, -0.1) is 0 Å². The van der Waals surface area contributed by atoms with Crippen LogP contribution in [-0.2, 0) is 6.61 Å². The Morgan fingerprint density at radius 3 is 2.61 bits per heavy atom. The molecule has 166 valence electrons. The van der Waals surface area contributed by atoms with Crippen LogP contribution in [0.5, 0.6) is 5.75 Å². The molecule has 0 atom stereocenters. The van der Waals surface area contributed by atoms with Gasteiger partial charge in [0.05, 0.1) is 4.92 Å². The van der Waals surface area contributed by atoms with Crippen molar-refractivity contribution in [3.8, 4) is 5.75 Å². The summed E-state index contributed by atoms with van der Waals surface area (Å²) in [5.41, 5.74) is 1.21. The number of carbonyl (C=O) groups is 2. The second-order valence-corrected chi connectivity index (χ2v) is 7.71. The van der Waals surface area contributed by atoms with Gasteiger partial charge in [-0.2, -0.15) is 0 Å². The average molecular weight is 463 g/mol. The first-order valence-corrected chi connectivity index (χ1v) is 10.5. The monoisotopic (exact) mass is 463 g/mol. The van der Waals surface area contributed by atoms with Gasteiger partial charge in [0.2, 0.25) is 0 Å². The third-order valence-electron chi connectivity index (χ3n) is 4.48. The third kappa shape index (κ3) is 5.69. The first-order chi connectivity index (χ1) is 16.0. The van der Waals surface area contributed by atoms with Crippen molar-refractivity contribution in [3.63, 3.8) is 0 Å². The lowest BCUT2D eigenvalue weighted by molar-refractivity contribution is -0.384. The van der Waals surface area contributed by atoms with E-state index in [1.807, 2.05) is 36.4 Å². The number of benzene rings is 3. The van der Waals surface area contributed by atoms with Crippen molar-refractivity contribution in [2.24, 2.45) is 0 Å². The molecule has 2 N–H and O–H groups in total. The van der Waals surface area contributed by atoms with Crippen LogP contribution in [0, 0.1) is 10.1 Å². The minimum atomic E-state index is -0.771. The Balaban J connectivity index is 1.31. The number of furan rings is 1. The molecule has 4 rings (SSSR count). The van der Waals surface area contributed by atoms with Crippen molar-refractivity contribution in [3.05, 3.63) is 100 Å². The molecule has 0 aliphatic carbocycles. The summed E-state index contributed by atoms with van der Waals surface area (Å²) in [6, 6.07) is 21.4. The maximum Gasteiger partial charge on any atom is 0.332 e. The molecule has 0 saturated carbocycles. The molecule has 3 amide bonds. The quantitative estimate of drug-likeness (QED) is 0.223. The summed E-state index contributed by atoms with van der Waals surface area (Å²) in [4.78, 5) is 35.5. The lowest BCUT2D eigenvalue weighted by atomic mass is 10.2. The minimum absolute atomic E-state index is 0.126. The molecule has 0 saturated heterocycles. The van der Waals surface area contributed by atoms with Gasteiger partial charge in [0.25, 0.3) is 11.6 Å². The topological polar surface area (TPSA) is 124 Å². The van der Waals surface area contributed by atoms with E-state index in [1.165, 1.54) is 24.3 Å². The Morgan fingerprint density at radius 1 is 1.00 bits per heavy atom. The molecule has 0 spiro atoms. The predicted octanol–water partition coefficient (Wildman–Crippen LogP) is 5.07. The van der Waals surface area contributed by atoms with Gasteiger partial charge in [-0.1, -0.05) is 36.4 Å². The van der Waals surface area contributed by atoms with Crippen LogP contribution in [0.1, 0.15) is 16.1 Å².